The number of hydrogen-bond donors (Lipinski definition) is 0. The Hall–Kier alpha value is -6.90. The maximum Gasteiger partial charge on any atom is 0.136 e. The van der Waals surface area contributed by atoms with Crippen molar-refractivity contribution in [3.63, 3.8) is 0 Å². The highest BCUT2D eigenvalue weighted by atomic mass is 16.3. The summed E-state index contributed by atoms with van der Waals surface area (Å²) in [5, 5.41) is 6.43. The summed E-state index contributed by atoms with van der Waals surface area (Å²) in [6, 6.07) is 58.4. The Bertz CT molecular complexity index is 3130. The fourth-order valence-electron chi connectivity index (χ4n) is 7.41. The van der Waals surface area contributed by atoms with Crippen molar-refractivity contribution in [2.24, 2.45) is 0 Å². The van der Waals surface area contributed by atoms with E-state index in [0.717, 1.165) is 77.1 Å². The summed E-state index contributed by atoms with van der Waals surface area (Å²) >= 11 is 0. The Kier molecular flexibility index (Phi) is 6.22. The average Bonchev–Trinajstić information content (AvgIpc) is 3.64. The molecule has 0 bridgehead atoms. The van der Waals surface area contributed by atoms with E-state index in [-0.39, 0.29) is 29.9 Å². The maximum atomic E-state index is 9.72. The van der Waals surface area contributed by atoms with Crippen LogP contribution >= 0.6 is 0 Å². The quantitative estimate of drug-likeness (QED) is 0.175. The van der Waals surface area contributed by atoms with Crippen LogP contribution in [0.5, 0.6) is 0 Å². The lowest BCUT2D eigenvalue weighted by molar-refractivity contribution is 0.669. The van der Waals surface area contributed by atoms with Gasteiger partial charge in [-0.05, 0) is 109 Å². The number of para-hydroxylation sites is 1. The third-order valence-electron chi connectivity index (χ3n) is 9.94. The molecule has 52 heavy (non-hydrogen) atoms. The second-order valence-electron chi connectivity index (χ2n) is 13.0. The van der Waals surface area contributed by atoms with Crippen molar-refractivity contribution in [1.82, 2.24) is 0 Å². The van der Waals surface area contributed by atoms with Crippen LogP contribution in [-0.2, 0) is 0 Å². The van der Waals surface area contributed by atoms with E-state index < -0.39 is 0 Å². The summed E-state index contributed by atoms with van der Waals surface area (Å²) in [5.41, 5.74) is 8.51. The van der Waals surface area contributed by atoms with Crippen LogP contribution in [0.4, 0.5) is 17.1 Å². The predicted octanol–water partition coefficient (Wildman–Crippen LogP) is 14.4. The van der Waals surface area contributed by atoms with E-state index in [9.17, 15) is 2.74 Å². The fraction of sp³-hybridized carbons (Fsp3) is 0. The molecule has 2 heteroatoms. The number of rotatable bonds is 6. The number of furan rings is 1. The summed E-state index contributed by atoms with van der Waals surface area (Å²) in [6.07, 6.45) is 0. The van der Waals surface area contributed by atoms with Crippen LogP contribution in [0.25, 0.3) is 76.9 Å². The molecule has 0 N–H and O–H groups in total. The summed E-state index contributed by atoms with van der Waals surface area (Å²) in [7, 11) is 0. The van der Waals surface area contributed by atoms with Gasteiger partial charge in [0.1, 0.15) is 11.2 Å². The topological polar surface area (TPSA) is 16.4 Å². The van der Waals surface area contributed by atoms with Crippen molar-refractivity contribution >= 4 is 60.5 Å². The second-order valence-corrected chi connectivity index (χ2v) is 13.0. The van der Waals surface area contributed by atoms with Crippen molar-refractivity contribution in [2.45, 2.75) is 0 Å². The SMILES string of the molecule is [2H]c1c([2H])c(-c2ccc3ccccc3c2)c([2H])c(N(c2ccc(-c3cccc4ccccc34)cc2)c2ccc(-c3cccc4oc5ccccc5c34)cc2)c1[2H]. The van der Waals surface area contributed by atoms with Gasteiger partial charge in [-0.2, -0.15) is 0 Å². The molecular weight excluding hydrogens is 631 g/mol. The van der Waals surface area contributed by atoms with E-state index in [1.807, 2.05) is 114 Å². The number of anilines is 3. The molecule has 0 unspecified atom stereocenters. The molecule has 0 radical (unpaired) electrons. The molecule has 9 aromatic carbocycles. The van der Waals surface area contributed by atoms with Crippen molar-refractivity contribution in [3.8, 4) is 33.4 Å². The van der Waals surface area contributed by atoms with Gasteiger partial charge in [0.25, 0.3) is 0 Å². The summed E-state index contributed by atoms with van der Waals surface area (Å²) < 4.78 is 43.3. The average molecular weight is 668 g/mol. The van der Waals surface area contributed by atoms with Gasteiger partial charge < -0.3 is 9.32 Å². The van der Waals surface area contributed by atoms with E-state index in [2.05, 4.69) is 66.7 Å². The molecule has 10 aromatic rings. The van der Waals surface area contributed by atoms with Crippen molar-refractivity contribution in [3.05, 3.63) is 200 Å². The first-order valence-corrected chi connectivity index (χ1v) is 17.4. The summed E-state index contributed by atoms with van der Waals surface area (Å²) in [5.74, 6) is 0. The third-order valence-corrected chi connectivity index (χ3v) is 9.94. The largest absolute Gasteiger partial charge is 0.456 e. The number of nitrogens with zero attached hydrogens (tertiary/aromatic N) is 1. The highest BCUT2D eigenvalue weighted by Gasteiger charge is 2.17. The van der Waals surface area contributed by atoms with Crippen molar-refractivity contribution in [2.75, 3.05) is 4.90 Å². The number of fused-ring (bicyclic) bond motifs is 5. The molecule has 10 rings (SSSR count). The standard InChI is InChI=1S/C50H33NO/c1-2-12-38-32-40(23-22-34(38)10-1)39-14-7-15-43(33-39)51(41-28-24-36(25-29-41)45-18-8-13-35-11-3-4-16-44(35)45)42-30-26-37(27-31-42)46-19-9-21-49-50(46)47-17-5-6-20-48(47)52-49/h1-33H/i7D,14D,15D,33D. The molecule has 0 aliphatic carbocycles. The van der Waals surface area contributed by atoms with Gasteiger partial charge in [-0.1, -0.05) is 146 Å². The smallest absolute Gasteiger partial charge is 0.136 e. The lowest BCUT2D eigenvalue weighted by Gasteiger charge is -2.26. The Balaban J connectivity index is 1.16. The van der Waals surface area contributed by atoms with E-state index in [1.165, 1.54) is 0 Å². The Morgan fingerprint density at radius 2 is 1.00 bits per heavy atom. The minimum absolute atomic E-state index is 0.0168. The molecule has 1 heterocycles. The van der Waals surface area contributed by atoms with Gasteiger partial charge in [0, 0.05) is 27.8 Å². The van der Waals surface area contributed by atoms with Gasteiger partial charge in [-0.3, -0.25) is 0 Å². The summed E-state index contributed by atoms with van der Waals surface area (Å²) in [4.78, 5) is 1.89. The normalized spacial score (nSPS) is 12.5. The summed E-state index contributed by atoms with van der Waals surface area (Å²) in [6.45, 7) is 0. The lowest BCUT2D eigenvalue weighted by atomic mass is 9.97. The molecule has 0 fully saturated rings. The van der Waals surface area contributed by atoms with Crippen molar-refractivity contribution < 1.29 is 9.90 Å². The van der Waals surface area contributed by atoms with Gasteiger partial charge in [-0.15, -0.1) is 0 Å². The first-order valence-electron chi connectivity index (χ1n) is 19.4. The maximum absolute atomic E-state index is 9.72. The molecule has 0 saturated carbocycles. The van der Waals surface area contributed by atoms with Crippen LogP contribution in [0.1, 0.15) is 5.48 Å². The first kappa shape index (κ1) is 26.0. The molecule has 0 atom stereocenters. The first-order chi connectivity index (χ1) is 27.4. The molecule has 244 valence electrons. The molecule has 2 nitrogen and oxygen atoms in total. The van der Waals surface area contributed by atoms with Gasteiger partial charge >= 0.3 is 0 Å². The number of hydrogen-bond acceptors (Lipinski definition) is 2. The molecule has 0 aliphatic rings. The van der Waals surface area contributed by atoms with Crippen LogP contribution in [0, 0.1) is 0 Å². The van der Waals surface area contributed by atoms with Crippen LogP contribution in [0.2, 0.25) is 0 Å². The third kappa shape index (κ3) is 5.21. The van der Waals surface area contributed by atoms with Crippen LogP contribution in [0.15, 0.2) is 205 Å². The predicted molar refractivity (Wildman–Crippen MR) is 220 cm³/mol. The van der Waals surface area contributed by atoms with Gasteiger partial charge in [0.15, 0.2) is 0 Å². The molecule has 0 spiro atoms. The Morgan fingerprint density at radius 3 is 1.81 bits per heavy atom. The van der Waals surface area contributed by atoms with E-state index >= 15 is 0 Å². The van der Waals surface area contributed by atoms with E-state index in [1.54, 1.807) is 0 Å². The zero-order valence-electron chi connectivity index (χ0n) is 32.1. The lowest BCUT2D eigenvalue weighted by Crippen LogP contribution is -2.10. The number of benzene rings is 9. The monoisotopic (exact) mass is 667 g/mol. The van der Waals surface area contributed by atoms with Gasteiger partial charge in [0.2, 0.25) is 0 Å². The molecule has 0 amide bonds. The van der Waals surface area contributed by atoms with E-state index in [4.69, 9.17) is 7.16 Å². The highest BCUT2D eigenvalue weighted by molar-refractivity contribution is 6.12. The van der Waals surface area contributed by atoms with Crippen molar-refractivity contribution in [1.29, 1.82) is 0 Å². The molecule has 0 aliphatic heterocycles. The molecule has 1 aromatic heterocycles. The highest BCUT2D eigenvalue weighted by Crippen LogP contribution is 2.41. The van der Waals surface area contributed by atoms with Crippen LogP contribution in [-0.4, -0.2) is 0 Å². The molecule has 0 saturated heterocycles. The molecular formula is C50H33NO. The van der Waals surface area contributed by atoms with Crippen LogP contribution < -0.4 is 4.90 Å². The minimum atomic E-state index is -0.230. The Morgan fingerprint density at radius 1 is 0.404 bits per heavy atom. The second kappa shape index (κ2) is 12.5. The van der Waals surface area contributed by atoms with E-state index in [0.29, 0.717) is 11.1 Å². The van der Waals surface area contributed by atoms with Gasteiger partial charge in [0.05, 0.1) is 5.48 Å². The zero-order valence-corrected chi connectivity index (χ0v) is 28.1. The zero-order chi connectivity index (χ0) is 37.9. The minimum Gasteiger partial charge on any atom is -0.456 e. The van der Waals surface area contributed by atoms with Crippen LogP contribution in [0.3, 0.4) is 0 Å². The fourth-order valence-corrected chi connectivity index (χ4v) is 7.41. The van der Waals surface area contributed by atoms with Gasteiger partial charge in [-0.25, -0.2) is 0 Å². The Labute approximate surface area is 308 Å².